The molecule has 3 atom stereocenters. The van der Waals surface area contributed by atoms with Gasteiger partial charge in [0.15, 0.2) is 5.78 Å². The largest absolute Gasteiger partial charge is 0.515 e. The molecule has 6 nitrogen and oxygen atoms in total. The first-order chi connectivity index (χ1) is 14.2. The summed E-state index contributed by atoms with van der Waals surface area (Å²) in [7, 11) is 0. The number of ketones is 1. The number of H-pyrrole nitrogens is 1. The fraction of sp³-hybridized carbons (Fsp3) is 0.304. The van der Waals surface area contributed by atoms with Crippen LogP contribution in [0.5, 0.6) is 0 Å². The first kappa shape index (κ1) is 17.8. The summed E-state index contributed by atoms with van der Waals surface area (Å²) in [6.45, 7) is 1.99. The minimum Gasteiger partial charge on any atom is -0.515 e. The topological polar surface area (TPSA) is 91.8 Å². The molecule has 0 amide bonds. The number of nitrogens with one attached hydrogen (secondary N) is 1. The molecular weight excluding hydrogens is 364 g/mol. The minimum atomic E-state index is -0.433. The van der Waals surface area contributed by atoms with E-state index in [9.17, 15) is 9.90 Å². The number of allylic oxidation sites excluding steroid dienone is 1. The lowest BCUT2D eigenvalue weighted by Crippen LogP contribution is -2.50. The second kappa shape index (κ2) is 6.65. The summed E-state index contributed by atoms with van der Waals surface area (Å²) in [5.74, 6) is -0.0000534. The maximum absolute atomic E-state index is 12.9. The van der Waals surface area contributed by atoms with Crippen LogP contribution >= 0.6 is 0 Å². The highest BCUT2D eigenvalue weighted by molar-refractivity contribution is 5.98. The molecule has 0 saturated heterocycles. The smallest absolute Gasteiger partial charge is 0.165 e. The van der Waals surface area contributed by atoms with Gasteiger partial charge in [0.25, 0.3) is 0 Å². The number of aliphatic hydroxyl groups excluding tert-OH is 1. The van der Waals surface area contributed by atoms with Crippen molar-refractivity contribution in [3.63, 3.8) is 0 Å². The first-order valence-corrected chi connectivity index (χ1v) is 9.93. The quantitative estimate of drug-likeness (QED) is 0.517. The molecule has 1 aromatic carbocycles. The van der Waals surface area contributed by atoms with Gasteiger partial charge in [0, 0.05) is 40.4 Å². The highest BCUT2D eigenvalue weighted by atomic mass is 16.2. The van der Waals surface area contributed by atoms with E-state index in [1.165, 1.54) is 6.33 Å². The number of aromatic nitrogens is 4. The van der Waals surface area contributed by atoms with Gasteiger partial charge < -0.3 is 5.11 Å². The molecule has 0 bridgehead atoms. The Morgan fingerprint density at radius 2 is 1.97 bits per heavy atom. The van der Waals surface area contributed by atoms with Crippen LogP contribution in [0.2, 0.25) is 0 Å². The molecule has 1 fully saturated rings. The third kappa shape index (κ3) is 2.48. The molecular formula is C23H22N4O2. The van der Waals surface area contributed by atoms with Gasteiger partial charge in [-0.25, -0.2) is 9.97 Å². The van der Waals surface area contributed by atoms with Gasteiger partial charge in [-0.05, 0) is 30.7 Å². The average molecular weight is 386 g/mol. The van der Waals surface area contributed by atoms with Crippen LogP contribution in [-0.2, 0) is 16.6 Å². The molecule has 2 aliphatic rings. The van der Waals surface area contributed by atoms with Crippen molar-refractivity contribution in [1.82, 2.24) is 20.2 Å². The zero-order chi connectivity index (χ0) is 20.0. The van der Waals surface area contributed by atoms with Gasteiger partial charge >= 0.3 is 0 Å². The van der Waals surface area contributed by atoms with Crippen molar-refractivity contribution in [3.05, 3.63) is 77.7 Å². The summed E-state index contributed by atoms with van der Waals surface area (Å²) in [6, 6.07) is 10.3. The number of carbonyl (C=O) groups is 1. The molecule has 1 saturated carbocycles. The Hall–Kier alpha value is -3.28. The molecule has 3 aromatic rings. The lowest BCUT2D eigenvalue weighted by atomic mass is 9.52. The fourth-order valence-corrected chi connectivity index (χ4v) is 5.43. The monoisotopic (exact) mass is 386 g/mol. The van der Waals surface area contributed by atoms with Crippen molar-refractivity contribution < 1.29 is 9.90 Å². The molecule has 2 aliphatic carbocycles. The molecule has 29 heavy (non-hydrogen) atoms. The van der Waals surface area contributed by atoms with Crippen LogP contribution < -0.4 is 0 Å². The Morgan fingerprint density at radius 3 is 2.69 bits per heavy atom. The number of carbonyl (C=O) groups excluding carboxylic acids is 1. The molecule has 0 aliphatic heterocycles. The third-order valence-electron chi connectivity index (χ3n) is 6.73. The molecule has 6 heteroatoms. The standard InChI is InChI=1S/C23H22N4O2/c1-14-19-8-7-18-20(16-10-24-13-25-11-16)26-27-22(18)23(19,9-15(12-28)21(14)29)17-5-3-2-4-6-17/h2-6,10-14,19,28H,7-9H2,1H3,(H,26,27)/b15-12-/t14-,19-,23+/m0/s1. The van der Waals surface area contributed by atoms with E-state index in [4.69, 9.17) is 0 Å². The number of nitrogens with zero attached hydrogens (tertiary/aromatic N) is 3. The Morgan fingerprint density at radius 1 is 1.21 bits per heavy atom. The maximum atomic E-state index is 12.9. The number of benzene rings is 1. The third-order valence-corrected chi connectivity index (χ3v) is 6.73. The van der Waals surface area contributed by atoms with Crippen molar-refractivity contribution in [2.75, 3.05) is 0 Å². The molecule has 2 heterocycles. The molecule has 2 N–H and O–H groups in total. The van der Waals surface area contributed by atoms with E-state index in [0.717, 1.165) is 47.2 Å². The molecule has 2 aromatic heterocycles. The van der Waals surface area contributed by atoms with Crippen molar-refractivity contribution in [2.45, 2.75) is 31.6 Å². The van der Waals surface area contributed by atoms with Gasteiger partial charge in [-0.3, -0.25) is 9.89 Å². The highest BCUT2D eigenvalue weighted by Crippen LogP contribution is 2.56. The Labute approximate surface area is 168 Å². The van der Waals surface area contributed by atoms with Crippen LogP contribution in [0, 0.1) is 11.8 Å². The minimum absolute atomic E-state index is 0.0451. The van der Waals surface area contributed by atoms with Crippen molar-refractivity contribution in [2.24, 2.45) is 11.8 Å². The van der Waals surface area contributed by atoms with Crippen LogP contribution in [0.4, 0.5) is 0 Å². The summed E-state index contributed by atoms with van der Waals surface area (Å²) in [5, 5.41) is 17.8. The van der Waals surface area contributed by atoms with Gasteiger partial charge in [-0.15, -0.1) is 0 Å². The number of Topliss-reactive ketones (excluding diaryl/α,β-unsaturated/α-hetero) is 1. The van der Waals surface area contributed by atoms with Crippen LogP contribution in [-0.4, -0.2) is 31.1 Å². The number of fused-ring (bicyclic) bond motifs is 3. The highest BCUT2D eigenvalue weighted by Gasteiger charge is 2.55. The number of rotatable bonds is 2. The number of aromatic amines is 1. The summed E-state index contributed by atoms with van der Waals surface area (Å²) in [6.07, 6.45) is 8.24. The molecule has 0 spiro atoms. The van der Waals surface area contributed by atoms with Gasteiger partial charge in [0.1, 0.15) is 6.33 Å². The zero-order valence-electron chi connectivity index (χ0n) is 16.2. The summed E-state index contributed by atoms with van der Waals surface area (Å²) >= 11 is 0. The second-order valence-electron chi connectivity index (χ2n) is 8.02. The van der Waals surface area contributed by atoms with E-state index >= 15 is 0 Å². The number of aliphatic hydroxyl groups is 1. The Bertz CT molecular complexity index is 1090. The van der Waals surface area contributed by atoms with Gasteiger partial charge in [0.2, 0.25) is 0 Å². The van der Waals surface area contributed by atoms with E-state index in [-0.39, 0.29) is 17.6 Å². The SMILES string of the molecule is C[C@@H]1C(=O)/C(=C\O)C[C@]2(c3ccccc3)c3[nH]nc(-c4cncnc4)c3CC[C@@H]12. The number of hydrogen-bond donors (Lipinski definition) is 2. The van der Waals surface area contributed by atoms with E-state index < -0.39 is 5.41 Å². The molecule has 146 valence electrons. The van der Waals surface area contributed by atoms with Crippen molar-refractivity contribution >= 4 is 5.78 Å². The molecule has 0 unspecified atom stereocenters. The van der Waals surface area contributed by atoms with Crippen LogP contribution in [0.15, 0.2) is 60.9 Å². The number of hydrogen-bond acceptors (Lipinski definition) is 5. The maximum Gasteiger partial charge on any atom is 0.165 e. The Kier molecular flexibility index (Phi) is 4.08. The van der Waals surface area contributed by atoms with Crippen LogP contribution in [0.3, 0.4) is 0 Å². The van der Waals surface area contributed by atoms with Crippen LogP contribution in [0.1, 0.15) is 36.6 Å². The van der Waals surface area contributed by atoms with Crippen molar-refractivity contribution in [3.8, 4) is 11.3 Å². The lowest BCUT2D eigenvalue weighted by Gasteiger charge is -2.50. The van der Waals surface area contributed by atoms with E-state index in [1.54, 1.807) is 12.4 Å². The Balaban J connectivity index is 1.77. The van der Waals surface area contributed by atoms with E-state index in [2.05, 4.69) is 32.3 Å². The van der Waals surface area contributed by atoms with Crippen LogP contribution in [0.25, 0.3) is 11.3 Å². The lowest BCUT2D eigenvalue weighted by molar-refractivity contribution is -0.123. The second-order valence-corrected chi connectivity index (χ2v) is 8.02. The predicted molar refractivity (Wildman–Crippen MR) is 108 cm³/mol. The summed E-state index contributed by atoms with van der Waals surface area (Å²) in [4.78, 5) is 21.1. The molecule has 0 radical (unpaired) electrons. The summed E-state index contributed by atoms with van der Waals surface area (Å²) in [5.41, 5.74) is 5.13. The summed E-state index contributed by atoms with van der Waals surface area (Å²) < 4.78 is 0. The van der Waals surface area contributed by atoms with E-state index in [0.29, 0.717) is 12.0 Å². The van der Waals surface area contributed by atoms with Crippen molar-refractivity contribution in [1.29, 1.82) is 0 Å². The van der Waals surface area contributed by atoms with Gasteiger partial charge in [0.05, 0.1) is 17.6 Å². The predicted octanol–water partition coefficient (Wildman–Crippen LogP) is 3.77. The van der Waals surface area contributed by atoms with Gasteiger partial charge in [-0.1, -0.05) is 37.3 Å². The molecule has 5 rings (SSSR count). The first-order valence-electron chi connectivity index (χ1n) is 9.93. The van der Waals surface area contributed by atoms with Gasteiger partial charge in [-0.2, -0.15) is 5.10 Å². The van der Waals surface area contributed by atoms with E-state index in [1.807, 2.05) is 25.1 Å². The zero-order valence-corrected chi connectivity index (χ0v) is 16.2. The normalized spacial score (nSPS) is 27.5. The fourth-order valence-electron chi connectivity index (χ4n) is 5.43. The average Bonchev–Trinajstić information content (AvgIpc) is 3.22.